The summed E-state index contributed by atoms with van der Waals surface area (Å²) in [5.41, 5.74) is 0.969. The summed E-state index contributed by atoms with van der Waals surface area (Å²) in [6.45, 7) is 1.89. The van der Waals surface area contributed by atoms with Gasteiger partial charge in [-0.2, -0.15) is 0 Å². The Hall–Kier alpha value is -2.04. The summed E-state index contributed by atoms with van der Waals surface area (Å²) in [7, 11) is 0. The maximum absolute atomic E-state index is 5.92. The fourth-order valence-corrected chi connectivity index (χ4v) is 2.20. The molecule has 2 aromatic rings. The van der Waals surface area contributed by atoms with Gasteiger partial charge in [-0.1, -0.05) is 30.3 Å². The van der Waals surface area contributed by atoms with Crippen LogP contribution in [0.15, 0.2) is 54.6 Å². The number of hydrogen-bond donors (Lipinski definition) is 1. The van der Waals surface area contributed by atoms with Crippen molar-refractivity contribution in [3.05, 3.63) is 54.6 Å². The fraction of sp³-hybridized carbons (Fsp3) is 0.294. The highest BCUT2D eigenvalue weighted by Crippen LogP contribution is 2.29. The Kier molecular flexibility index (Phi) is 4.71. The quantitative estimate of drug-likeness (QED) is 0.910. The zero-order chi connectivity index (χ0) is 14.3. The first kappa shape index (κ1) is 13.9. The van der Waals surface area contributed by atoms with Gasteiger partial charge in [0.25, 0.3) is 0 Å². The third-order valence-corrected chi connectivity index (χ3v) is 3.35. The van der Waals surface area contributed by atoms with Gasteiger partial charge >= 0.3 is 0 Å². The molecular formula is C17H19NO3. The standard InChI is InChI=1S/C17H19NO3/c1-2-6-14(7-3-1)21-17-9-5-4-8-16(17)18-12-15-10-11-19-13-20-15/h1-9,15,18H,10-13H2. The highest BCUT2D eigenvalue weighted by molar-refractivity contribution is 5.57. The second-order valence-electron chi connectivity index (χ2n) is 4.90. The molecule has 0 radical (unpaired) electrons. The van der Waals surface area contributed by atoms with E-state index in [4.69, 9.17) is 14.2 Å². The Morgan fingerprint density at radius 2 is 1.86 bits per heavy atom. The summed E-state index contributed by atoms with van der Waals surface area (Å²) in [5, 5.41) is 3.40. The van der Waals surface area contributed by atoms with Crippen molar-refractivity contribution in [2.75, 3.05) is 25.3 Å². The third kappa shape index (κ3) is 3.97. The van der Waals surface area contributed by atoms with E-state index in [1.165, 1.54) is 0 Å². The monoisotopic (exact) mass is 285 g/mol. The molecule has 0 amide bonds. The molecule has 1 unspecified atom stereocenters. The minimum absolute atomic E-state index is 0.184. The van der Waals surface area contributed by atoms with Crippen LogP contribution in [-0.2, 0) is 9.47 Å². The fourth-order valence-electron chi connectivity index (χ4n) is 2.20. The van der Waals surface area contributed by atoms with E-state index in [2.05, 4.69) is 5.32 Å². The SMILES string of the molecule is c1ccc(Oc2ccccc2NCC2CCOCO2)cc1. The van der Waals surface area contributed by atoms with Crippen molar-refractivity contribution < 1.29 is 14.2 Å². The molecule has 1 fully saturated rings. The topological polar surface area (TPSA) is 39.7 Å². The summed E-state index contributed by atoms with van der Waals surface area (Å²) >= 11 is 0. The van der Waals surface area contributed by atoms with Crippen molar-refractivity contribution in [3.63, 3.8) is 0 Å². The first-order valence-corrected chi connectivity index (χ1v) is 7.17. The predicted octanol–water partition coefficient (Wildman–Crippen LogP) is 3.65. The Morgan fingerprint density at radius 3 is 2.67 bits per heavy atom. The normalized spacial score (nSPS) is 18.2. The largest absolute Gasteiger partial charge is 0.455 e. The van der Waals surface area contributed by atoms with Crippen molar-refractivity contribution in [1.82, 2.24) is 0 Å². The third-order valence-electron chi connectivity index (χ3n) is 3.35. The van der Waals surface area contributed by atoms with Gasteiger partial charge in [-0.15, -0.1) is 0 Å². The van der Waals surface area contributed by atoms with E-state index in [-0.39, 0.29) is 6.10 Å². The van der Waals surface area contributed by atoms with E-state index in [9.17, 15) is 0 Å². The van der Waals surface area contributed by atoms with Crippen molar-refractivity contribution in [3.8, 4) is 11.5 Å². The van der Waals surface area contributed by atoms with Gasteiger partial charge in [0.15, 0.2) is 5.75 Å². The summed E-state index contributed by atoms with van der Waals surface area (Å²) in [6, 6.07) is 17.7. The van der Waals surface area contributed by atoms with Gasteiger partial charge < -0.3 is 19.5 Å². The lowest BCUT2D eigenvalue weighted by Crippen LogP contribution is -2.30. The second-order valence-corrected chi connectivity index (χ2v) is 4.90. The van der Waals surface area contributed by atoms with Crippen LogP contribution in [0.2, 0.25) is 0 Å². The van der Waals surface area contributed by atoms with Gasteiger partial charge in [0.2, 0.25) is 0 Å². The molecule has 1 atom stereocenters. The lowest BCUT2D eigenvalue weighted by Gasteiger charge is -2.23. The Balaban J connectivity index is 1.64. The second kappa shape index (κ2) is 7.11. The Morgan fingerprint density at radius 1 is 1.05 bits per heavy atom. The molecule has 0 saturated carbocycles. The summed E-state index contributed by atoms with van der Waals surface area (Å²) < 4.78 is 16.6. The number of ether oxygens (including phenoxy) is 3. The smallest absolute Gasteiger partial charge is 0.150 e. The average molecular weight is 285 g/mol. The van der Waals surface area contributed by atoms with Crippen LogP contribution >= 0.6 is 0 Å². The molecular weight excluding hydrogens is 266 g/mol. The summed E-state index contributed by atoms with van der Waals surface area (Å²) in [5.74, 6) is 1.64. The van der Waals surface area contributed by atoms with Crippen LogP contribution in [0, 0.1) is 0 Å². The van der Waals surface area contributed by atoms with E-state index >= 15 is 0 Å². The molecule has 3 rings (SSSR count). The molecule has 110 valence electrons. The van der Waals surface area contributed by atoms with Crippen molar-refractivity contribution >= 4 is 5.69 Å². The number of hydrogen-bond acceptors (Lipinski definition) is 4. The van der Waals surface area contributed by atoms with E-state index in [0.717, 1.165) is 36.8 Å². The van der Waals surface area contributed by atoms with Crippen LogP contribution in [0.5, 0.6) is 11.5 Å². The average Bonchev–Trinajstić information content (AvgIpc) is 2.56. The van der Waals surface area contributed by atoms with E-state index < -0.39 is 0 Å². The Labute approximate surface area is 124 Å². The first-order chi connectivity index (χ1) is 10.4. The molecule has 0 spiro atoms. The minimum atomic E-state index is 0.184. The number of rotatable bonds is 5. The molecule has 0 bridgehead atoms. The lowest BCUT2D eigenvalue weighted by atomic mass is 10.2. The van der Waals surface area contributed by atoms with E-state index in [1.54, 1.807) is 0 Å². The van der Waals surface area contributed by atoms with Crippen LogP contribution in [0.25, 0.3) is 0 Å². The van der Waals surface area contributed by atoms with Crippen molar-refractivity contribution in [2.24, 2.45) is 0 Å². The lowest BCUT2D eigenvalue weighted by molar-refractivity contribution is -0.133. The first-order valence-electron chi connectivity index (χ1n) is 7.17. The maximum Gasteiger partial charge on any atom is 0.150 e. The minimum Gasteiger partial charge on any atom is -0.455 e. The molecule has 4 heteroatoms. The van der Waals surface area contributed by atoms with Crippen molar-refractivity contribution in [2.45, 2.75) is 12.5 Å². The van der Waals surface area contributed by atoms with Crippen LogP contribution in [0.4, 0.5) is 5.69 Å². The van der Waals surface area contributed by atoms with Crippen LogP contribution in [-0.4, -0.2) is 26.0 Å². The molecule has 1 N–H and O–H groups in total. The molecule has 1 saturated heterocycles. The number of nitrogens with one attached hydrogen (secondary N) is 1. The molecule has 4 nitrogen and oxygen atoms in total. The number of anilines is 1. The van der Waals surface area contributed by atoms with Crippen LogP contribution in [0.1, 0.15) is 6.42 Å². The maximum atomic E-state index is 5.92. The van der Waals surface area contributed by atoms with Gasteiger partial charge in [-0.05, 0) is 30.7 Å². The number of benzene rings is 2. The van der Waals surface area contributed by atoms with Crippen molar-refractivity contribution in [1.29, 1.82) is 0 Å². The molecule has 0 aromatic heterocycles. The molecule has 2 aromatic carbocycles. The zero-order valence-corrected chi connectivity index (χ0v) is 11.8. The molecule has 1 heterocycles. The van der Waals surface area contributed by atoms with Crippen LogP contribution in [0.3, 0.4) is 0 Å². The number of para-hydroxylation sites is 3. The van der Waals surface area contributed by atoms with E-state index in [1.807, 2.05) is 54.6 Å². The zero-order valence-electron chi connectivity index (χ0n) is 11.8. The summed E-state index contributed by atoms with van der Waals surface area (Å²) in [6.07, 6.45) is 1.10. The van der Waals surface area contributed by atoms with Gasteiger partial charge in [0.05, 0.1) is 18.4 Å². The molecule has 21 heavy (non-hydrogen) atoms. The highest BCUT2D eigenvalue weighted by atomic mass is 16.7. The molecule has 1 aliphatic rings. The van der Waals surface area contributed by atoms with Crippen LogP contribution < -0.4 is 10.1 Å². The summed E-state index contributed by atoms with van der Waals surface area (Å²) in [4.78, 5) is 0. The van der Waals surface area contributed by atoms with Gasteiger partial charge in [-0.25, -0.2) is 0 Å². The van der Waals surface area contributed by atoms with Gasteiger partial charge in [0.1, 0.15) is 12.5 Å². The molecule has 1 aliphatic heterocycles. The Bertz CT molecular complexity index is 553. The predicted molar refractivity (Wildman–Crippen MR) is 81.8 cm³/mol. The molecule has 0 aliphatic carbocycles. The van der Waals surface area contributed by atoms with Gasteiger partial charge in [-0.3, -0.25) is 0 Å². The van der Waals surface area contributed by atoms with Gasteiger partial charge in [0, 0.05) is 6.54 Å². The highest BCUT2D eigenvalue weighted by Gasteiger charge is 2.14. The van der Waals surface area contributed by atoms with E-state index in [0.29, 0.717) is 6.79 Å².